The molecule has 4 fully saturated rings. The molecule has 4 aliphatic carbocycles. The van der Waals surface area contributed by atoms with Crippen LogP contribution in [-0.2, 0) is 4.79 Å². The molecule has 0 aromatic heterocycles. The van der Waals surface area contributed by atoms with Gasteiger partial charge in [0.05, 0.1) is 11.1 Å². The molecule has 0 spiro atoms. The number of hydrogen-bond donors (Lipinski definition) is 2. The molecule has 0 radical (unpaired) electrons. The summed E-state index contributed by atoms with van der Waals surface area (Å²) in [7, 11) is 0. The maximum absolute atomic E-state index is 13.0. The lowest BCUT2D eigenvalue weighted by atomic mass is 9.49. The van der Waals surface area contributed by atoms with Crippen molar-refractivity contribution in [3.05, 3.63) is 27.1 Å². The Hall–Kier alpha value is -0.460. The van der Waals surface area contributed by atoms with Gasteiger partial charge in [0.2, 0.25) is 5.91 Å². The van der Waals surface area contributed by atoms with Crippen molar-refractivity contribution in [2.75, 3.05) is 5.32 Å². The number of nitrogens with one attached hydrogen (secondary N) is 2. The topological polar surface area (TPSA) is 41.1 Å². The van der Waals surface area contributed by atoms with E-state index in [-0.39, 0.29) is 11.3 Å². The Morgan fingerprint density at radius 2 is 1.67 bits per heavy atom. The van der Waals surface area contributed by atoms with Gasteiger partial charge < -0.3 is 10.6 Å². The fourth-order valence-corrected chi connectivity index (χ4v) is 6.28. The first-order valence-electron chi connectivity index (χ1n) is 8.51. The molecule has 128 valence electrons. The standard InChI is InChI=1S/C18H20Br2N2OS/c19-13-1-2-14(20)15(6-13)21-17(24)22-16(23)18-7-10-3-11(8-18)5-12(4-10)9-18/h1-2,6,10-12H,3-5,7-9H2,(H2,21,22,23,24). The molecular formula is C18H20Br2N2OS. The SMILES string of the molecule is O=C(NC(=S)Nc1cc(Br)ccc1Br)C12CC3CC(CC(C3)C1)C2. The molecule has 4 aliphatic rings. The average Bonchev–Trinajstić information content (AvgIpc) is 2.49. The van der Waals surface area contributed by atoms with Gasteiger partial charge in [-0.25, -0.2) is 0 Å². The molecule has 0 aliphatic heterocycles. The molecule has 1 amide bonds. The minimum absolute atomic E-state index is 0.130. The van der Waals surface area contributed by atoms with E-state index in [4.69, 9.17) is 12.2 Å². The molecule has 6 heteroatoms. The van der Waals surface area contributed by atoms with E-state index in [1.54, 1.807) is 0 Å². The van der Waals surface area contributed by atoms with Gasteiger partial charge in [-0.1, -0.05) is 15.9 Å². The Kier molecular flexibility index (Phi) is 4.50. The van der Waals surface area contributed by atoms with Crippen molar-refractivity contribution in [2.45, 2.75) is 38.5 Å². The van der Waals surface area contributed by atoms with Crippen LogP contribution in [0.2, 0.25) is 0 Å². The molecule has 1 aromatic rings. The van der Waals surface area contributed by atoms with Crippen LogP contribution < -0.4 is 10.6 Å². The van der Waals surface area contributed by atoms with Gasteiger partial charge in [0.15, 0.2) is 5.11 Å². The van der Waals surface area contributed by atoms with Gasteiger partial charge in [-0.15, -0.1) is 0 Å². The van der Waals surface area contributed by atoms with Gasteiger partial charge in [-0.3, -0.25) is 4.79 Å². The van der Waals surface area contributed by atoms with Crippen LogP contribution in [0.15, 0.2) is 27.1 Å². The van der Waals surface area contributed by atoms with Crippen LogP contribution >= 0.6 is 44.1 Å². The Morgan fingerprint density at radius 3 is 2.25 bits per heavy atom. The largest absolute Gasteiger partial charge is 0.331 e. The van der Waals surface area contributed by atoms with Crippen LogP contribution in [0.4, 0.5) is 5.69 Å². The molecule has 3 nitrogen and oxygen atoms in total. The summed E-state index contributed by atoms with van der Waals surface area (Å²) in [5.74, 6) is 2.39. The number of anilines is 1. The second-order valence-electron chi connectivity index (χ2n) is 7.73. The minimum Gasteiger partial charge on any atom is -0.331 e. The molecule has 5 rings (SSSR count). The van der Waals surface area contributed by atoms with Crippen molar-refractivity contribution in [1.82, 2.24) is 5.32 Å². The first kappa shape index (κ1) is 17.0. The predicted octanol–water partition coefficient (Wildman–Crippen LogP) is 5.24. The van der Waals surface area contributed by atoms with Crippen molar-refractivity contribution in [3.8, 4) is 0 Å². The summed E-state index contributed by atoms with van der Waals surface area (Å²) in [4.78, 5) is 13.0. The highest BCUT2D eigenvalue weighted by atomic mass is 79.9. The molecule has 4 bridgehead atoms. The first-order valence-corrected chi connectivity index (χ1v) is 10.5. The summed E-state index contributed by atoms with van der Waals surface area (Å²) in [6, 6.07) is 5.83. The number of hydrogen-bond acceptors (Lipinski definition) is 2. The minimum atomic E-state index is -0.172. The summed E-state index contributed by atoms with van der Waals surface area (Å²) in [6.07, 6.45) is 7.15. The molecule has 0 atom stereocenters. The van der Waals surface area contributed by atoms with Crippen molar-refractivity contribution in [1.29, 1.82) is 0 Å². The number of benzene rings is 1. The van der Waals surface area contributed by atoms with Crippen molar-refractivity contribution in [3.63, 3.8) is 0 Å². The van der Waals surface area contributed by atoms with Gasteiger partial charge >= 0.3 is 0 Å². The third kappa shape index (κ3) is 3.17. The third-order valence-electron chi connectivity index (χ3n) is 5.92. The van der Waals surface area contributed by atoms with E-state index in [2.05, 4.69) is 42.5 Å². The zero-order chi connectivity index (χ0) is 16.9. The monoisotopic (exact) mass is 470 g/mol. The molecular weight excluding hydrogens is 452 g/mol. The number of thiocarbonyl (C=S) groups is 1. The predicted molar refractivity (Wildman–Crippen MR) is 107 cm³/mol. The van der Waals surface area contributed by atoms with Crippen LogP contribution in [0.3, 0.4) is 0 Å². The van der Waals surface area contributed by atoms with E-state index in [0.717, 1.165) is 51.6 Å². The fourth-order valence-electron chi connectivity index (χ4n) is 5.37. The van der Waals surface area contributed by atoms with E-state index in [1.165, 1.54) is 19.3 Å². The summed E-state index contributed by atoms with van der Waals surface area (Å²) in [5.41, 5.74) is 0.676. The second kappa shape index (κ2) is 6.36. The van der Waals surface area contributed by atoms with Crippen molar-refractivity contribution in [2.24, 2.45) is 23.2 Å². The molecule has 0 saturated heterocycles. The molecule has 4 saturated carbocycles. The number of amides is 1. The van der Waals surface area contributed by atoms with E-state index < -0.39 is 0 Å². The number of halogens is 2. The highest BCUT2D eigenvalue weighted by molar-refractivity contribution is 9.11. The Bertz CT molecular complexity index is 671. The smallest absolute Gasteiger partial charge is 0.232 e. The second-order valence-corrected chi connectivity index (χ2v) is 9.91. The van der Waals surface area contributed by atoms with Gasteiger partial charge in [0.1, 0.15) is 0 Å². The molecule has 24 heavy (non-hydrogen) atoms. The summed E-state index contributed by atoms with van der Waals surface area (Å²) < 4.78 is 1.88. The summed E-state index contributed by atoms with van der Waals surface area (Å²) in [6.45, 7) is 0. The maximum atomic E-state index is 13.0. The van der Waals surface area contributed by atoms with E-state index in [0.29, 0.717) is 5.11 Å². The Labute approximate surface area is 164 Å². The lowest BCUT2D eigenvalue weighted by molar-refractivity contribution is -0.144. The molecule has 0 heterocycles. The van der Waals surface area contributed by atoms with Gasteiger partial charge in [-0.2, -0.15) is 0 Å². The first-order chi connectivity index (χ1) is 11.4. The molecule has 0 unspecified atom stereocenters. The lowest BCUT2D eigenvalue weighted by Gasteiger charge is -2.55. The Balaban J connectivity index is 1.44. The number of carbonyl (C=O) groups is 1. The third-order valence-corrected chi connectivity index (χ3v) is 7.31. The highest BCUT2D eigenvalue weighted by Gasteiger charge is 2.54. The maximum Gasteiger partial charge on any atom is 0.232 e. The van der Waals surface area contributed by atoms with Crippen LogP contribution in [0, 0.1) is 23.2 Å². The van der Waals surface area contributed by atoms with Crippen molar-refractivity contribution >= 4 is 60.8 Å². The zero-order valence-corrected chi connectivity index (χ0v) is 17.3. The van der Waals surface area contributed by atoms with Crippen LogP contribution in [0.25, 0.3) is 0 Å². The van der Waals surface area contributed by atoms with Gasteiger partial charge in [0, 0.05) is 8.95 Å². The average molecular weight is 472 g/mol. The van der Waals surface area contributed by atoms with Crippen LogP contribution in [0.5, 0.6) is 0 Å². The van der Waals surface area contributed by atoms with E-state index >= 15 is 0 Å². The molecule has 2 N–H and O–H groups in total. The van der Waals surface area contributed by atoms with E-state index in [9.17, 15) is 4.79 Å². The van der Waals surface area contributed by atoms with Crippen LogP contribution in [0.1, 0.15) is 38.5 Å². The van der Waals surface area contributed by atoms with Crippen molar-refractivity contribution < 1.29 is 4.79 Å². The zero-order valence-electron chi connectivity index (χ0n) is 13.3. The summed E-state index contributed by atoms with van der Waals surface area (Å²) >= 11 is 12.3. The normalized spacial score (nSPS) is 33.3. The fraction of sp³-hybridized carbons (Fsp3) is 0.556. The van der Waals surface area contributed by atoms with Gasteiger partial charge in [0.25, 0.3) is 0 Å². The summed E-state index contributed by atoms with van der Waals surface area (Å²) in [5, 5.41) is 6.50. The quantitative estimate of drug-likeness (QED) is 0.579. The lowest BCUT2D eigenvalue weighted by Crippen LogP contribution is -2.55. The van der Waals surface area contributed by atoms with Crippen LogP contribution in [-0.4, -0.2) is 11.0 Å². The van der Waals surface area contributed by atoms with E-state index in [1.807, 2.05) is 18.2 Å². The number of carbonyl (C=O) groups excluding carboxylic acids is 1. The molecule has 1 aromatic carbocycles. The highest BCUT2D eigenvalue weighted by Crippen LogP contribution is 2.60. The van der Waals surface area contributed by atoms with Gasteiger partial charge in [-0.05, 0) is 103 Å². The Morgan fingerprint density at radius 1 is 1.08 bits per heavy atom. The number of rotatable bonds is 2.